The minimum Gasteiger partial charge on any atom is -0.372 e. The van der Waals surface area contributed by atoms with Crippen LogP contribution in [0.1, 0.15) is 17.5 Å². The van der Waals surface area contributed by atoms with Crippen LogP contribution >= 0.6 is 11.8 Å². The van der Waals surface area contributed by atoms with Gasteiger partial charge in [0.25, 0.3) is 0 Å². The Morgan fingerprint density at radius 2 is 1.65 bits per heavy atom. The minimum absolute atomic E-state index is 0.173. The fourth-order valence-electron chi connectivity index (χ4n) is 2.91. The molecule has 2 rings (SSSR count). The summed E-state index contributed by atoms with van der Waals surface area (Å²) >= 11 is 1.90. The fourth-order valence-corrected chi connectivity index (χ4v) is 3.92. The van der Waals surface area contributed by atoms with Crippen LogP contribution in [0.2, 0.25) is 0 Å². The quantitative estimate of drug-likeness (QED) is 0.468. The van der Waals surface area contributed by atoms with E-state index in [0.29, 0.717) is 6.42 Å². The minimum atomic E-state index is -4.22. The van der Waals surface area contributed by atoms with Crippen molar-refractivity contribution in [3.63, 3.8) is 0 Å². The summed E-state index contributed by atoms with van der Waals surface area (Å²) in [5.41, 5.74) is 2.66. The Labute approximate surface area is 158 Å². The molecule has 0 spiro atoms. The molecule has 1 heterocycles. The highest BCUT2D eigenvalue weighted by Crippen LogP contribution is 2.21. The Hall–Kier alpha value is -0.760. The van der Waals surface area contributed by atoms with Crippen LogP contribution in [0.3, 0.4) is 0 Å². The van der Waals surface area contributed by atoms with E-state index in [1.165, 1.54) is 16.0 Å². The molecule has 1 fully saturated rings. The summed E-state index contributed by atoms with van der Waals surface area (Å²) in [4.78, 5) is 6.10. The van der Waals surface area contributed by atoms with Gasteiger partial charge in [-0.05, 0) is 43.5 Å². The van der Waals surface area contributed by atoms with Gasteiger partial charge in [0, 0.05) is 56.5 Å². The summed E-state index contributed by atoms with van der Waals surface area (Å²) in [5, 5.41) is 0. The van der Waals surface area contributed by atoms with Crippen molar-refractivity contribution in [1.29, 1.82) is 0 Å². The molecule has 0 saturated carbocycles. The van der Waals surface area contributed by atoms with Crippen molar-refractivity contribution in [3.05, 3.63) is 29.3 Å². The normalized spacial score (nSPS) is 17.0. The van der Waals surface area contributed by atoms with Gasteiger partial charge < -0.3 is 9.64 Å². The second-order valence-corrected chi connectivity index (χ2v) is 7.97. The summed E-state index contributed by atoms with van der Waals surface area (Å²) in [6.07, 6.45) is -3.57. The lowest BCUT2D eigenvalue weighted by atomic mass is 10.1. The zero-order valence-corrected chi connectivity index (χ0v) is 16.5. The highest BCUT2D eigenvalue weighted by molar-refractivity contribution is 7.99. The number of aryl methyl sites for hydroxylation is 2. The molecule has 1 saturated heterocycles. The second-order valence-electron chi connectivity index (χ2n) is 6.80. The van der Waals surface area contributed by atoms with Crippen molar-refractivity contribution in [2.24, 2.45) is 0 Å². The molecule has 0 atom stereocenters. The number of halogens is 3. The van der Waals surface area contributed by atoms with Crippen LogP contribution in [-0.2, 0) is 4.74 Å². The molecular formula is C19H29F3N2OS. The van der Waals surface area contributed by atoms with Gasteiger partial charge in [0.2, 0.25) is 0 Å². The van der Waals surface area contributed by atoms with Crippen molar-refractivity contribution >= 4 is 11.8 Å². The Bertz CT molecular complexity index is 546. The topological polar surface area (TPSA) is 15.7 Å². The average Bonchev–Trinajstić information content (AvgIpc) is 2.58. The van der Waals surface area contributed by atoms with Gasteiger partial charge in [0.05, 0.1) is 0 Å². The monoisotopic (exact) mass is 390 g/mol. The molecule has 3 nitrogen and oxygen atoms in total. The third-order valence-electron chi connectivity index (χ3n) is 4.65. The van der Waals surface area contributed by atoms with Gasteiger partial charge >= 0.3 is 6.18 Å². The van der Waals surface area contributed by atoms with Crippen LogP contribution in [0.25, 0.3) is 0 Å². The third kappa shape index (κ3) is 8.29. The third-order valence-corrected chi connectivity index (χ3v) is 5.62. The number of benzene rings is 1. The van der Waals surface area contributed by atoms with Crippen LogP contribution in [0, 0.1) is 13.8 Å². The maximum atomic E-state index is 12.0. The number of rotatable bonds is 9. The molecule has 1 aromatic rings. The van der Waals surface area contributed by atoms with E-state index in [1.807, 2.05) is 11.8 Å². The largest absolute Gasteiger partial charge is 0.411 e. The lowest BCUT2D eigenvalue weighted by Crippen LogP contribution is -2.47. The Morgan fingerprint density at radius 1 is 1.00 bits per heavy atom. The van der Waals surface area contributed by atoms with E-state index in [2.05, 4.69) is 46.6 Å². The molecule has 148 valence electrons. The Balaban J connectivity index is 1.53. The Morgan fingerprint density at radius 3 is 2.27 bits per heavy atom. The van der Waals surface area contributed by atoms with Crippen molar-refractivity contribution in [2.75, 3.05) is 58.2 Å². The summed E-state index contributed by atoms with van der Waals surface area (Å²) in [5.74, 6) is 1.08. The van der Waals surface area contributed by atoms with E-state index in [4.69, 9.17) is 0 Å². The van der Waals surface area contributed by atoms with Gasteiger partial charge in [-0.1, -0.05) is 6.07 Å². The van der Waals surface area contributed by atoms with Gasteiger partial charge in [-0.25, -0.2) is 0 Å². The molecule has 0 radical (unpaired) electrons. The molecule has 1 aromatic carbocycles. The van der Waals surface area contributed by atoms with Crippen LogP contribution in [0.5, 0.6) is 0 Å². The predicted octanol–water partition coefficient (Wildman–Crippen LogP) is 3.98. The molecule has 0 N–H and O–H groups in total. The van der Waals surface area contributed by atoms with Crippen LogP contribution < -0.4 is 0 Å². The number of ether oxygens (including phenoxy) is 1. The smallest absolute Gasteiger partial charge is 0.372 e. The van der Waals surface area contributed by atoms with E-state index >= 15 is 0 Å². The predicted molar refractivity (Wildman–Crippen MR) is 101 cm³/mol. The molecule has 0 amide bonds. The van der Waals surface area contributed by atoms with Gasteiger partial charge in [0.15, 0.2) is 0 Å². The van der Waals surface area contributed by atoms with Gasteiger partial charge in [-0.15, -0.1) is 11.8 Å². The standard InChI is InChI=1S/C19H29F3N2OS/c1-16-4-5-18(14-17(16)2)26-13-11-24-9-7-23(8-10-24)6-3-12-25-15-19(20,21)22/h4-5,14H,3,6-13,15H2,1-2H3. The number of nitrogens with zero attached hydrogens (tertiary/aromatic N) is 2. The van der Waals surface area contributed by atoms with E-state index in [9.17, 15) is 13.2 Å². The molecule has 0 aromatic heterocycles. The summed E-state index contributed by atoms with van der Waals surface area (Å²) in [6.45, 7) is 9.20. The first-order valence-electron chi connectivity index (χ1n) is 9.13. The van der Waals surface area contributed by atoms with E-state index in [-0.39, 0.29) is 6.61 Å². The number of hydrogen-bond acceptors (Lipinski definition) is 4. The van der Waals surface area contributed by atoms with Crippen LogP contribution in [0.15, 0.2) is 23.1 Å². The maximum Gasteiger partial charge on any atom is 0.411 e. The average molecular weight is 391 g/mol. The maximum absolute atomic E-state index is 12.0. The zero-order valence-electron chi connectivity index (χ0n) is 15.6. The summed E-state index contributed by atoms with van der Waals surface area (Å²) < 4.78 is 40.6. The first-order chi connectivity index (χ1) is 12.3. The molecule has 1 aliphatic heterocycles. The van der Waals surface area contributed by atoms with Crippen LogP contribution in [-0.4, -0.2) is 74.2 Å². The first kappa shape index (κ1) is 21.5. The molecule has 0 aliphatic carbocycles. The number of hydrogen-bond donors (Lipinski definition) is 0. The van der Waals surface area contributed by atoms with E-state index < -0.39 is 12.8 Å². The highest BCUT2D eigenvalue weighted by atomic mass is 32.2. The van der Waals surface area contributed by atoms with E-state index in [1.54, 1.807) is 0 Å². The lowest BCUT2D eigenvalue weighted by molar-refractivity contribution is -0.174. The Kier molecular flexibility index (Phi) is 8.73. The molecule has 7 heteroatoms. The number of piperazine rings is 1. The first-order valence-corrected chi connectivity index (χ1v) is 10.1. The van der Waals surface area contributed by atoms with Crippen molar-refractivity contribution in [1.82, 2.24) is 9.80 Å². The second kappa shape index (κ2) is 10.5. The molecule has 0 unspecified atom stereocenters. The van der Waals surface area contributed by atoms with Crippen molar-refractivity contribution < 1.29 is 17.9 Å². The lowest BCUT2D eigenvalue weighted by Gasteiger charge is -2.34. The molecular weight excluding hydrogens is 361 g/mol. The van der Waals surface area contributed by atoms with Crippen LogP contribution in [0.4, 0.5) is 13.2 Å². The van der Waals surface area contributed by atoms with Gasteiger partial charge in [-0.3, -0.25) is 4.90 Å². The molecule has 26 heavy (non-hydrogen) atoms. The van der Waals surface area contributed by atoms with E-state index in [0.717, 1.165) is 45.0 Å². The van der Waals surface area contributed by atoms with Gasteiger partial charge in [-0.2, -0.15) is 13.2 Å². The van der Waals surface area contributed by atoms with Crippen molar-refractivity contribution in [2.45, 2.75) is 31.3 Å². The summed E-state index contributed by atoms with van der Waals surface area (Å²) in [6, 6.07) is 6.61. The number of thioether (sulfide) groups is 1. The SMILES string of the molecule is Cc1ccc(SCCN2CCN(CCCOCC(F)(F)F)CC2)cc1C. The fraction of sp³-hybridized carbons (Fsp3) is 0.684. The summed E-state index contributed by atoms with van der Waals surface area (Å²) in [7, 11) is 0. The highest BCUT2D eigenvalue weighted by Gasteiger charge is 2.27. The van der Waals surface area contributed by atoms with Crippen molar-refractivity contribution in [3.8, 4) is 0 Å². The van der Waals surface area contributed by atoms with Gasteiger partial charge in [0.1, 0.15) is 6.61 Å². The number of alkyl halides is 3. The zero-order chi connectivity index (χ0) is 19.0. The molecule has 0 bridgehead atoms. The molecule has 1 aliphatic rings.